The summed E-state index contributed by atoms with van der Waals surface area (Å²) in [4.78, 5) is 12.0. The van der Waals surface area contributed by atoms with Crippen LogP contribution in [0.25, 0.3) is 5.69 Å². The van der Waals surface area contributed by atoms with Crippen molar-refractivity contribution < 1.29 is 13.6 Å². The number of aromatic nitrogens is 3. The van der Waals surface area contributed by atoms with Gasteiger partial charge in [-0.15, -0.1) is 10.2 Å². The minimum atomic E-state index is -2.83. The molecule has 2 heterocycles. The van der Waals surface area contributed by atoms with E-state index in [9.17, 15) is 13.6 Å². The summed E-state index contributed by atoms with van der Waals surface area (Å²) < 4.78 is 28.0. The van der Waals surface area contributed by atoms with Crippen LogP contribution in [-0.2, 0) is 4.79 Å². The van der Waals surface area contributed by atoms with Crippen LogP contribution in [0.2, 0.25) is 0 Å². The van der Waals surface area contributed by atoms with Gasteiger partial charge in [0, 0.05) is 12.1 Å². The second kappa shape index (κ2) is 5.45. The summed E-state index contributed by atoms with van der Waals surface area (Å²) in [5.74, 6) is -2.58. The van der Waals surface area contributed by atoms with Gasteiger partial charge in [0.15, 0.2) is 0 Å². The third-order valence-corrected chi connectivity index (χ3v) is 3.54. The Balaban J connectivity index is 1.74. The van der Waals surface area contributed by atoms with Crippen LogP contribution < -0.4 is 10.6 Å². The van der Waals surface area contributed by atoms with Crippen molar-refractivity contribution >= 4 is 11.6 Å². The lowest BCUT2D eigenvalue weighted by Gasteiger charge is -2.12. The number of nitrogens with zero attached hydrogens (tertiary/aromatic N) is 3. The molecule has 1 saturated heterocycles. The molecule has 0 aliphatic carbocycles. The van der Waals surface area contributed by atoms with E-state index in [4.69, 9.17) is 0 Å². The summed E-state index contributed by atoms with van der Waals surface area (Å²) in [6.45, 7) is 1.34. The number of hydrogen-bond acceptors (Lipinski definition) is 4. The van der Waals surface area contributed by atoms with Crippen molar-refractivity contribution in [2.45, 2.75) is 25.3 Å². The number of amides is 1. The number of aryl methyl sites for hydroxylation is 1. The first-order chi connectivity index (χ1) is 10.4. The molecule has 8 heteroatoms. The topological polar surface area (TPSA) is 71.8 Å². The molecular weight excluding hydrogens is 292 g/mol. The molecule has 1 aromatic carbocycles. The lowest BCUT2D eigenvalue weighted by atomic mass is 10.1. The number of hydrogen-bond donors (Lipinski definition) is 2. The molecule has 2 N–H and O–H groups in total. The van der Waals surface area contributed by atoms with Gasteiger partial charge in [-0.25, -0.2) is 8.78 Å². The Morgan fingerprint density at radius 2 is 2.32 bits per heavy atom. The van der Waals surface area contributed by atoms with Crippen molar-refractivity contribution in [3.8, 4) is 5.69 Å². The number of nitrogens with one attached hydrogen (secondary N) is 2. The summed E-state index contributed by atoms with van der Waals surface area (Å²) in [5, 5.41) is 12.9. The van der Waals surface area contributed by atoms with Crippen LogP contribution in [0.4, 0.5) is 14.5 Å². The van der Waals surface area contributed by atoms with Crippen LogP contribution >= 0.6 is 0 Å². The van der Waals surface area contributed by atoms with Gasteiger partial charge in [0.1, 0.15) is 12.2 Å². The summed E-state index contributed by atoms with van der Waals surface area (Å²) in [5.41, 5.74) is 1.32. The zero-order valence-electron chi connectivity index (χ0n) is 11.9. The Hall–Kier alpha value is -2.35. The molecule has 1 fully saturated rings. The molecule has 1 aliphatic rings. The molecule has 6 nitrogen and oxygen atoms in total. The maximum absolute atomic E-state index is 13.1. The Morgan fingerprint density at radius 3 is 2.95 bits per heavy atom. The summed E-state index contributed by atoms with van der Waals surface area (Å²) >= 11 is 0. The second-order valence-corrected chi connectivity index (χ2v) is 5.28. The van der Waals surface area contributed by atoms with E-state index in [1.165, 1.54) is 0 Å². The standard InChI is InChI=1S/C14H15F2N5O/c1-9-20-18-8-21(9)11-4-2-3-10(5-11)19-13(22)12-6-14(15,16)7-17-12/h2-5,8,12,17H,6-7H2,1H3,(H,19,22). The van der Waals surface area contributed by atoms with Crippen LogP contribution in [0.1, 0.15) is 12.2 Å². The first kappa shape index (κ1) is 14.6. The first-order valence-corrected chi connectivity index (χ1v) is 6.84. The number of rotatable bonds is 3. The quantitative estimate of drug-likeness (QED) is 0.901. The van der Waals surface area contributed by atoms with Crippen molar-refractivity contribution in [2.75, 3.05) is 11.9 Å². The minimum absolute atomic E-state index is 0.463. The van der Waals surface area contributed by atoms with Gasteiger partial charge in [-0.05, 0) is 25.1 Å². The number of halogens is 2. The fourth-order valence-electron chi connectivity index (χ4n) is 2.41. The molecule has 0 spiro atoms. The highest BCUT2D eigenvalue weighted by Crippen LogP contribution is 2.26. The zero-order valence-corrected chi connectivity index (χ0v) is 11.9. The molecule has 22 heavy (non-hydrogen) atoms. The average Bonchev–Trinajstić information content (AvgIpc) is 3.05. The highest BCUT2D eigenvalue weighted by molar-refractivity contribution is 5.95. The molecule has 0 bridgehead atoms. The van der Waals surface area contributed by atoms with Crippen molar-refractivity contribution in [1.82, 2.24) is 20.1 Å². The van der Waals surface area contributed by atoms with Crippen LogP contribution in [-0.4, -0.2) is 39.2 Å². The second-order valence-electron chi connectivity index (χ2n) is 5.28. The first-order valence-electron chi connectivity index (χ1n) is 6.84. The summed E-state index contributed by atoms with van der Waals surface area (Å²) in [7, 11) is 0. The van der Waals surface area contributed by atoms with E-state index in [1.807, 2.05) is 13.0 Å². The summed E-state index contributed by atoms with van der Waals surface area (Å²) in [6.07, 6.45) is 1.08. The van der Waals surface area contributed by atoms with E-state index < -0.39 is 30.8 Å². The number of carbonyl (C=O) groups excluding carboxylic acids is 1. The molecule has 0 saturated carbocycles. The highest BCUT2D eigenvalue weighted by atomic mass is 19.3. The molecule has 0 radical (unpaired) electrons. The van der Waals surface area contributed by atoms with Gasteiger partial charge in [-0.2, -0.15) is 0 Å². The van der Waals surface area contributed by atoms with E-state index in [1.54, 1.807) is 29.1 Å². The maximum Gasteiger partial charge on any atom is 0.262 e. The van der Waals surface area contributed by atoms with Crippen molar-refractivity contribution in [3.63, 3.8) is 0 Å². The highest BCUT2D eigenvalue weighted by Gasteiger charge is 2.42. The molecule has 1 atom stereocenters. The molecule has 1 aromatic heterocycles. The van der Waals surface area contributed by atoms with Gasteiger partial charge in [0.2, 0.25) is 5.91 Å². The van der Waals surface area contributed by atoms with E-state index in [2.05, 4.69) is 20.8 Å². The third-order valence-electron chi connectivity index (χ3n) is 3.54. The van der Waals surface area contributed by atoms with Gasteiger partial charge in [-0.3, -0.25) is 14.7 Å². The van der Waals surface area contributed by atoms with E-state index in [0.29, 0.717) is 11.5 Å². The lowest BCUT2D eigenvalue weighted by molar-refractivity contribution is -0.118. The Kier molecular flexibility index (Phi) is 3.61. The van der Waals surface area contributed by atoms with Gasteiger partial charge >= 0.3 is 0 Å². The molecule has 3 rings (SSSR count). The van der Waals surface area contributed by atoms with Crippen LogP contribution in [0.5, 0.6) is 0 Å². The molecule has 1 aliphatic heterocycles. The van der Waals surface area contributed by atoms with Gasteiger partial charge < -0.3 is 5.32 Å². The van der Waals surface area contributed by atoms with Crippen LogP contribution in [0.15, 0.2) is 30.6 Å². The minimum Gasteiger partial charge on any atom is -0.325 e. The lowest BCUT2D eigenvalue weighted by Crippen LogP contribution is -2.35. The van der Waals surface area contributed by atoms with Crippen LogP contribution in [0, 0.1) is 6.92 Å². The molecule has 2 aromatic rings. The SMILES string of the molecule is Cc1nncn1-c1cccc(NC(=O)C2CC(F)(F)CN2)c1. The number of alkyl halides is 2. The molecule has 1 amide bonds. The molecule has 1 unspecified atom stereocenters. The Labute approximate surface area is 125 Å². The monoisotopic (exact) mass is 307 g/mol. The average molecular weight is 307 g/mol. The van der Waals surface area contributed by atoms with E-state index in [-0.39, 0.29) is 0 Å². The predicted molar refractivity (Wildman–Crippen MR) is 76.1 cm³/mol. The van der Waals surface area contributed by atoms with Crippen molar-refractivity contribution in [1.29, 1.82) is 0 Å². The predicted octanol–water partition coefficient (Wildman–Crippen LogP) is 1.51. The third kappa shape index (κ3) is 2.96. The fraction of sp³-hybridized carbons (Fsp3) is 0.357. The normalized spacial score (nSPS) is 20.0. The number of carbonyl (C=O) groups is 1. The number of benzene rings is 1. The maximum atomic E-state index is 13.1. The van der Waals surface area contributed by atoms with Crippen molar-refractivity contribution in [2.24, 2.45) is 0 Å². The van der Waals surface area contributed by atoms with E-state index in [0.717, 1.165) is 5.69 Å². The van der Waals surface area contributed by atoms with Gasteiger partial charge in [0.25, 0.3) is 5.92 Å². The smallest absolute Gasteiger partial charge is 0.262 e. The van der Waals surface area contributed by atoms with Crippen molar-refractivity contribution in [3.05, 3.63) is 36.4 Å². The van der Waals surface area contributed by atoms with Gasteiger partial charge in [0.05, 0.1) is 18.3 Å². The zero-order chi connectivity index (χ0) is 15.7. The number of anilines is 1. The Bertz CT molecular complexity index is 700. The van der Waals surface area contributed by atoms with Crippen LogP contribution in [0.3, 0.4) is 0 Å². The van der Waals surface area contributed by atoms with E-state index >= 15 is 0 Å². The molecular formula is C14H15F2N5O. The molecule has 116 valence electrons. The summed E-state index contributed by atoms with van der Waals surface area (Å²) in [6, 6.07) is 6.17. The van der Waals surface area contributed by atoms with Gasteiger partial charge in [-0.1, -0.05) is 6.07 Å². The Morgan fingerprint density at radius 1 is 1.50 bits per heavy atom. The fourth-order valence-corrected chi connectivity index (χ4v) is 2.41. The largest absolute Gasteiger partial charge is 0.325 e.